The van der Waals surface area contributed by atoms with Crippen LogP contribution in [-0.4, -0.2) is 37.0 Å². The van der Waals surface area contributed by atoms with E-state index in [1.807, 2.05) is 0 Å². The Bertz CT molecular complexity index is 225. The van der Waals surface area contributed by atoms with Gasteiger partial charge in [0.25, 0.3) is 0 Å². The third kappa shape index (κ3) is 1.13. The van der Waals surface area contributed by atoms with E-state index in [4.69, 9.17) is 5.11 Å². The summed E-state index contributed by atoms with van der Waals surface area (Å²) in [7, 11) is 2.01. The molecule has 0 amide bonds. The van der Waals surface area contributed by atoms with Crippen molar-refractivity contribution in [1.29, 1.82) is 0 Å². The molecule has 1 N–H and O–H groups in total. The maximum atomic E-state index is 13.0. The van der Waals surface area contributed by atoms with Gasteiger partial charge in [0, 0.05) is 20.6 Å². The number of hydrogen-bond donors (Lipinski definition) is 1. The van der Waals surface area contributed by atoms with Gasteiger partial charge in [0.2, 0.25) is 5.79 Å². The van der Waals surface area contributed by atoms with Crippen molar-refractivity contribution in [2.24, 2.45) is 5.92 Å². The van der Waals surface area contributed by atoms with E-state index in [2.05, 4.69) is 9.47 Å². The van der Waals surface area contributed by atoms with Crippen LogP contribution in [0.2, 0.25) is 0 Å². The molecule has 1 atom stereocenters. The number of carboxylic acid groups (broad SMARTS) is 1. The smallest absolute Gasteiger partial charge is 0.312 e. The minimum absolute atomic E-state index is 0.746. The van der Waals surface area contributed by atoms with Gasteiger partial charge < -0.3 is 14.6 Å². The van der Waals surface area contributed by atoms with Crippen molar-refractivity contribution in [2.75, 3.05) is 14.2 Å². The number of carboxylic acids is 1. The molecule has 1 aliphatic rings. The number of ether oxygens (including phenoxy) is 2. The topological polar surface area (TPSA) is 55.8 Å². The third-order valence-corrected chi connectivity index (χ3v) is 2.33. The SMILES string of the molecule is COC1(OC)C(C(=O)O)CC1(F)F. The summed E-state index contributed by atoms with van der Waals surface area (Å²) < 4.78 is 34.8. The molecule has 1 fully saturated rings. The zero-order valence-electron chi connectivity index (χ0n) is 7.21. The van der Waals surface area contributed by atoms with Crippen molar-refractivity contribution in [1.82, 2.24) is 0 Å². The minimum Gasteiger partial charge on any atom is -0.481 e. The highest BCUT2D eigenvalue weighted by molar-refractivity contribution is 5.73. The van der Waals surface area contributed by atoms with E-state index < -0.39 is 30.0 Å². The zero-order valence-corrected chi connectivity index (χ0v) is 7.21. The van der Waals surface area contributed by atoms with Gasteiger partial charge in [-0.05, 0) is 0 Å². The molecule has 0 aromatic rings. The van der Waals surface area contributed by atoms with Gasteiger partial charge in [-0.25, -0.2) is 8.78 Å². The molecule has 0 aromatic carbocycles. The Labute approximate surface area is 73.4 Å². The second kappa shape index (κ2) is 2.88. The molecule has 0 radical (unpaired) electrons. The van der Waals surface area contributed by atoms with Gasteiger partial charge in [-0.15, -0.1) is 0 Å². The minimum atomic E-state index is -3.24. The normalized spacial score (nSPS) is 29.4. The molecular formula is C7H10F2O4. The maximum absolute atomic E-state index is 13.0. The van der Waals surface area contributed by atoms with Crippen molar-refractivity contribution in [3.63, 3.8) is 0 Å². The number of hydrogen-bond acceptors (Lipinski definition) is 3. The number of halogens is 2. The fourth-order valence-electron chi connectivity index (χ4n) is 1.57. The molecule has 0 bridgehead atoms. The second-order valence-electron chi connectivity index (χ2n) is 2.88. The summed E-state index contributed by atoms with van der Waals surface area (Å²) in [4.78, 5) is 10.5. The lowest BCUT2D eigenvalue weighted by molar-refractivity contribution is -0.397. The van der Waals surface area contributed by atoms with E-state index >= 15 is 0 Å². The largest absolute Gasteiger partial charge is 0.481 e. The number of carbonyl (C=O) groups is 1. The molecule has 76 valence electrons. The first-order valence-electron chi connectivity index (χ1n) is 3.62. The molecule has 0 heterocycles. The molecule has 0 saturated heterocycles. The lowest BCUT2D eigenvalue weighted by Crippen LogP contribution is -2.69. The molecular weight excluding hydrogens is 186 g/mol. The monoisotopic (exact) mass is 196 g/mol. The first kappa shape index (κ1) is 10.3. The average molecular weight is 196 g/mol. The Kier molecular flexibility index (Phi) is 2.29. The molecule has 6 heteroatoms. The van der Waals surface area contributed by atoms with Gasteiger partial charge in [-0.3, -0.25) is 4.79 Å². The first-order chi connectivity index (χ1) is 5.91. The highest BCUT2D eigenvalue weighted by Gasteiger charge is 2.73. The number of rotatable bonds is 3. The highest BCUT2D eigenvalue weighted by Crippen LogP contribution is 2.54. The number of alkyl halides is 2. The zero-order chi connectivity index (χ0) is 10.3. The summed E-state index contributed by atoms with van der Waals surface area (Å²) in [6, 6.07) is 0. The van der Waals surface area contributed by atoms with E-state index in [0.29, 0.717) is 0 Å². The van der Waals surface area contributed by atoms with Crippen LogP contribution in [0.15, 0.2) is 0 Å². The maximum Gasteiger partial charge on any atom is 0.312 e. The van der Waals surface area contributed by atoms with Crippen molar-refractivity contribution < 1.29 is 28.2 Å². The van der Waals surface area contributed by atoms with E-state index in [0.717, 1.165) is 14.2 Å². The Hall–Kier alpha value is -0.750. The summed E-state index contributed by atoms with van der Waals surface area (Å²) in [6.07, 6.45) is -0.746. The summed E-state index contributed by atoms with van der Waals surface area (Å²) in [5.41, 5.74) is 0. The molecule has 1 saturated carbocycles. The Balaban J connectivity index is 2.92. The molecule has 1 rings (SSSR count). The van der Waals surface area contributed by atoms with Gasteiger partial charge in [0.05, 0.1) is 0 Å². The molecule has 13 heavy (non-hydrogen) atoms. The van der Waals surface area contributed by atoms with Gasteiger partial charge in [-0.2, -0.15) is 0 Å². The van der Waals surface area contributed by atoms with Crippen LogP contribution in [0.5, 0.6) is 0 Å². The fraction of sp³-hybridized carbons (Fsp3) is 0.857. The Morgan fingerprint density at radius 3 is 2.08 bits per heavy atom. The van der Waals surface area contributed by atoms with Gasteiger partial charge in [0.1, 0.15) is 5.92 Å². The summed E-state index contributed by atoms with van der Waals surface area (Å²) >= 11 is 0. The fourth-order valence-corrected chi connectivity index (χ4v) is 1.57. The van der Waals surface area contributed by atoms with Gasteiger partial charge in [-0.1, -0.05) is 0 Å². The predicted molar refractivity (Wildman–Crippen MR) is 37.4 cm³/mol. The van der Waals surface area contributed by atoms with Gasteiger partial charge in [0.15, 0.2) is 0 Å². The molecule has 0 aliphatic heterocycles. The van der Waals surface area contributed by atoms with E-state index in [1.54, 1.807) is 0 Å². The predicted octanol–water partition coefficient (Wildman–Crippen LogP) is 0.715. The van der Waals surface area contributed by atoms with E-state index in [9.17, 15) is 13.6 Å². The third-order valence-electron chi connectivity index (χ3n) is 2.33. The Morgan fingerprint density at radius 1 is 1.46 bits per heavy atom. The van der Waals surface area contributed by atoms with Crippen LogP contribution in [0.3, 0.4) is 0 Å². The van der Waals surface area contributed by atoms with Crippen LogP contribution in [0.4, 0.5) is 8.78 Å². The van der Waals surface area contributed by atoms with Crippen LogP contribution < -0.4 is 0 Å². The lowest BCUT2D eigenvalue weighted by atomic mass is 9.74. The van der Waals surface area contributed by atoms with Crippen LogP contribution in [0, 0.1) is 5.92 Å². The quantitative estimate of drug-likeness (QED) is 0.675. The van der Waals surface area contributed by atoms with Crippen LogP contribution >= 0.6 is 0 Å². The molecule has 1 unspecified atom stereocenters. The molecule has 1 aliphatic carbocycles. The lowest BCUT2D eigenvalue weighted by Gasteiger charge is -2.50. The molecule has 0 spiro atoms. The van der Waals surface area contributed by atoms with Crippen molar-refractivity contribution >= 4 is 5.97 Å². The van der Waals surface area contributed by atoms with Gasteiger partial charge >= 0.3 is 11.9 Å². The molecule has 0 aromatic heterocycles. The van der Waals surface area contributed by atoms with Crippen molar-refractivity contribution in [3.8, 4) is 0 Å². The second-order valence-corrected chi connectivity index (χ2v) is 2.88. The number of methoxy groups -OCH3 is 2. The highest BCUT2D eigenvalue weighted by atomic mass is 19.3. The van der Waals surface area contributed by atoms with E-state index in [-0.39, 0.29) is 0 Å². The van der Waals surface area contributed by atoms with Crippen molar-refractivity contribution in [2.45, 2.75) is 18.1 Å². The van der Waals surface area contributed by atoms with Crippen molar-refractivity contribution in [3.05, 3.63) is 0 Å². The summed E-state index contributed by atoms with van der Waals surface area (Å²) in [6.45, 7) is 0. The van der Waals surface area contributed by atoms with E-state index in [1.165, 1.54) is 0 Å². The standard InChI is InChI=1S/C7H10F2O4/c1-12-7(13-2)4(5(10)11)3-6(7,8)9/h4H,3H2,1-2H3,(H,10,11). The Morgan fingerprint density at radius 2 is 1.92 bits per heavy atom. The summed E-state index contributed by atoms with van der Waals surface area (Å²) in [5, 5.41) is 8.57. The molecule has 4 nitrogen and oxygen atoms in total. The average Bonchev–Trinajstić information content (AvgIpc) is 2.03. The van der Waals surface area contributed by atoms with Crippen LogP contribution in [0.1, 0.15) is 6.42 Å². The number of aliphatic carboxylic acids is 1. The summed E-state index contributed by atoms with van der Waals surface area (Å²) in [5.74, 6) is -8.18. The van der Waals surface area contributed by atoms with Crippen LogP contribution in [-0.2, 0) is 14.3 Å². The first-order valence-corrected chi connectivity index (χ1v) is 3.62. The van der Waals surface area contributed by atoms with Crippen LogP contribution in [0.25, 0.3) is 0 Å².